The van der Waals surface area contributed by atoms with Crippen molar-refractivity contribution in [2.45, 2.75) is 25.7 Å². The molecule has 1 amide bonds. The number of carbonyl (C=O) groups is 4. The molecule has 1 aromatic rings. The van der Waals surface area contributed by atoms with E-state index in [0.717, 1.165) is 5.56 Å². The number of hydrogen-bond donors (Lipinski definition) is 1. The van der Waals surface area contributed by atoms with Crippen LogP contribution in [0.3, 0.4) is 0 Å². The first-order valence-corrected chi connectivity index (χ1v) is 8.20. The third-order valence-corrected chi connectivity index (χ3v) is 3.61. The average Bonchev–Trinajstić information content (AvgIpc) is 2.58. The normalized spacial score (nSPS) is 11.1. The maximum Gasteiger partial charge on any atom is 0.370 e. The second kappa shape index (κ2) is 11.1. The highest BCUT2D eigenvalue weighted by Crippen LogP contribution is 2.13. The number of benzene rings is 1. The Balaban J connectivity index is 2.22. The molecular weight excluding hydrogens is 350 g/mol. The van der Waals surface area contributed by atoms with Crippen LogP contribution in [0.5, 0.6) is 0 Å². The maximum absolute atomic E-state index is 11.8. The standard InChI is InChI=1S/C16H19NO7S/c1-11(25-16(21)24-10-23-12(2)18)15(20)17-8-14(19)22-9-13-6-4-3-5-7-13/h3-7,11H,8-10H2,1-2H3,(H,17,20). The van der Waals surface area contributed by atoms with Crippen molar-refractivity contribution in [3.05, 3.63) is 35.9 Å². The molecule has 25 heavy (non-hydrogen) atoms. The number of rotatable bonds is 8. The number of ether oxygens (including phenoxy) is 3. The van der Waals surface area contributed by atoms with Gasteiger partial charge in [0.2, 0.25) is 12.7 Å². The number of nitrogens with one attached hydrogen (secondary N) is 1. The highest BCUT2D eigenvalue weighted by atomic mass is 32.2. The van der Waals surface area contributed by atoms with Crippen LogP contribution in [0.2, 0.25) is 0 Å². The van der Waals surface area contributed by atoms with Crippen LogP contribution in [0.1, 0.15) is 19.4 Å². The number of esters is 2. The smallest absolute Gasteiger partial charge is 0.370 e. The van der Waals surface area contributed by atoms with Gasteiger partial charge in [-0.2, -0.15) is 0 Å². The topological polar surface area (TPSA) is 108 Å². The summed E-state index contributed by atoms with van der Waals surface area (Å²) in [6, 6.07) is 9.12. The summed E-state index contributed by atoms with van der Waals surface area (Å²) in [7, 11) is 0. The molecule has 0 aliphatic carbocycles. The fourth-order valence-electron chi connectivity index (χ4n) is 1.48. The Kier molecular flexibility index (Phi) is 9.09. The molecule has 0 spiro atoms. The molecule has 1 unspecified atom stereocenters. The molecule has 9 heteroatoms. The molecule has 0 saturated carbocycles. The zero-order valence-corrected chi connectivity index (χ0v) is 14.7. The van der Waals surface area contributed by atoms with Crippen LogP contribution in [0.4, 0.5) is 4.79 Å². The second-order valence-corrected chi connectivity index (χ2v) is 6.05. The van der Waals surface area contributed by atoms with Crippen molar-refractivity contribution in [1.82, 2.24) is 5.32 Å². The van der Waals surface area contributed by atoms with Crippen molar-refractivity contribution in [3.8, 4) is 0 Å². The molecule has 0 fully saturated rings. The van der Waals surface area contributed by atoms with Crippen LogP contribution >= 0.6 is 11.8 Å². The molecule has 0 saturated heterocycles. The minimum Gasteiger partial charge on any atom is -0.460 e. The summed E-state index contributed by atoms with van der Waals surface area (Å²) >= 11 is 0.605. The summed E-state index contributed by atoms with van der Waals surface area (Å²) < 4.78 is 14.1. The Morgan fingerprint density at radius 3 is 2.40 bits per heavy atom. The molecule has 0 aliphatic rings. The van der Waals surface area contributed by atoms with Gasteiger partial charge in [0, 0.05) is 6.92 Å². The van der Waals surface area contributed by atoms with Crippen molar-refractivity contribution >= 4 is 34.9 Å². The third kappa shape index (κ3) is 9.36. The van der Waals surface area contributed by atoms with Crippen LogP contribution in [-0.2, 0) is 35.2 Å². The van der Waals surface area contributed by atoms with Crippen molar-refractivity contribution in [2.75, 3.05) is 13.3 Å². The number of hydrogen-bond acceptors (Lipinski definition) is 8. The van der Waals surface area contributed by atoms with Crippen LogP contribution in [0.25, 0.3) is 0 Å². The van der Waals surface area contributed by atoms with Gasteiger partial charge in [-0.1, -0.05) is 30.3 Å². The van der Waals surface area contributed by atoms with Crippen LogP contribution < -0.4 is 5.32 Å². The van der Waals surface area contributed by atoms with E-state index in [4.69, 9.17) is 4.74 Å². The molecular formula is C16H19NO7S. The lowest BCUT2D eigenvalue weighted by Gasteiger charge is -2.11. The zero-order valence-electron chi connectivity index (χ0n) is 13.9. The van der Waals surface area contributed by atoms with E-state index in [2.05, 4.69) is 14.8 Å². The molecule has 8 nitrogen and oxygen atoms in total. The molecule has 136 valence electrons. The van der Waals surface area contributed by atoms with E-state index in [-0.39, 0.29) is 13.2 Å². The first-order chi connectivity index (χ1) is 11.9. The van der Waals surface area contributed by atoms with Crippen molar-refractivity contribution < 1.29 is 33.4 Å². The highest BCUT2D eigenvalue weighted by Gasteiger charge is 2.19. The van der Waals surface area contributed by atoms with E-state index >= 15 is 0 Å². The fourth-order valence-corrected chi connectivity index (χ4v) is 2.08. The average molecular weight is 369 g/mol. The number of thioether (sulfide) groups is 1. The summed E-state index contributed by atoms with van der Waals surface area (Å²) in [6.07, 6.45) is 0. The van der Waals surface area contributed by atoms with E-state index in [9.17, 15) is 19.2 Å². The van der Waals surface area contributed by atoms with Crippen molar-refractivity contribution in [2.24, 2.45) is 0 Å². The quantitative estimate of drug-likeness (QED) is 0.544. The van der Waals surface area contributed by atoms with Gasteiger partial charge < -0.3 is 19.5 Å². The molecule has 0 aliphatic heterocycles. The van der Waals surface area contributed by atoms with Gasteiger partial charge in [-0.05, 0) is 24.2 Å². The molecule has 0 aromatic heterocycles. The molecule has 0 bridgehead atoms. The molecule has 1 atom stereocenters. The Morgan fingerprint density at radius 1 is 1.08 bits per heavy atom. The van der Waals surface area contributed by atoms with E-state index in [1.807, 2.05) is 30.3 Å². The van der Waals surface area contributed by atoms with Gasteiger partial charge in [0.1, 0.15) is 13.2 Å². The number of carbonyl (C=O) groups excluding carboxylic acids is 4. The van der Waals surface area contributed by atoms with Gasteiger partial charge in [0.25, 0.3) is 0 Å². The molecule has 0 radical (unpaired) electrons. The molecule has 0 heterocycles. The zero-order chi connectivity index (χ0) is 18.7. The summed E-state index contributed by atoms with van der Waals surface area (Å²) in [6.45, 7) is 1.94. The van der Waals surface area contributed by atoms with Crippen LogP contribution in [-0.4, -0.2) is 41.7 Å². The highest BCUT2D eigenvalue weighted by molar-refractivity contribution is 8.14. The monoisotopic (exact) mass is 369 g/mol. The van der Waals surface area contributed by atoms with E-state index in [0.29, 0.717) is 11.8 Å². The first-order valence-electron chi connectivity index (χ1n) is 7.32. The largest absolute Gasteiger partial charge is 0.460 e. The molecule has 1 rings (SSSR count). The van der Waals surface area contributed by atoms with Crippen LogP contribution in [0, 0.1) is 0 Å². The lowest BCUT2D eigenvalue weighted by Crippen LogP contribution is -2.36. The van der Waals surface area contributed by atoms with E-state index in [1.165, 1.54) is 13.8 Å². The lowest BCUT2D eigenvalue weighted by molar-refractivity contribution is -0.148. The summed E-state index contributed by atoms with van der Waals surface area (Å²) in [4.78, 5) is 45.3. The lowest BCUT2D eigenvalue weighted by atomic mass is 10.2. The third-order valence-electron chi connectivity index (χ3n) is 2.73. The SMILES string of the molecule is CC(=O)OCOC(=O)SC(C)C(=O)NCC(=O)OCc1ccccc1. The van der Waals surface area contributed by atoms with Gasteiger partial charge in [-0.25, -0.2) is 4.79 Å². The van der Waals surface area contributed by atoms with Crippen LogP contribution in [0.15, 0.2) is 30.3 Å². The predicted octanol–water partition coefficient (Wildman–Crippen LogP) is 1.62. The Bertz CT molecular complexity index is 606. The van der Waals surface area contributed by atoms with Crippen molar-refractivity contribution in [1.29, 1.82) is 0 Å². The van der Waals surface area contributed by atoms with E-state index < -0.39 is 35.2 Å². The molecule has 1 aromatic carbocycles. The Labute approximate surface area is 149 Å². The van der Waals surface area contributed by atoms with Gasteiger partial charge >= 0.3 is 17.2 Å². The summed E-state index contributed by atoms with van der Waals surface area (Å²) in [5.41, 5.74) is 0.835. The minimum absolute atomic E-state index is 0.113. The van der Waals surface area contributed by atoms with Crippen molar-refractivity contribution in [3.63, 3.8) is 0 Å². The van der Waals surface area contributed by atoms with Gasteiger partial charge in [0.05, 0.1) is 5.25 Å². The Hall–Kier alpha value is -2.55. The minimum atomic E-state index is -0.785. The molecule has 1 N–H and O–H groups in total. The van der Waals surface area contributed by atoms with Gasteiger partial charge in [-0.15, -0.1) is 0 Å². The van der Waals surface area contributed by atoms with E-state index in [1.54, 1.807) is 0 Å². The fraction of sp³-hybridized carbons (Fsp3) is 0.375. The second-order valence-electron chi connectivity index (χ2n) is 4.77. The first kappa shape index (κ1) is 20.5. The summed E-state index contributed by atoms with van der Waals surface area (Å²) in [5.74, 6) is -1.70. The Morgan fingerprint density at radius 2 is 1.76 bits per heavy atom. The predicted molar refractivity (Wildman–Crippen MR) is 89.4 cm³/mol. The van der Waals surface area contributed by atoms with Gasteiger partial charge in [0.15, 0.2) is 0 Å². The summed E-state index contributed by atoms with van der Waals surface area (Å²) in [5, 5.41) is 0.817. The van der Waals surface area contributed by atoms with Gasteiger partial charge in [-0.3, -0.25) is 14.4 Å². The maximum atomic E-state index is 11.8. The number of amides is 1.